The van der Waals surface area contributed by atoms with Crippen LogP contribution < -0.4 is 9.64 Å². The Labute approximate surface area is 211 Å². The molecular formula is C26H24N2O7S. The number of ketones is 1. The minimum atomic E-state index is -1.09. The van der Waals surface area contributed by atoms with Crippen molar-refractivity contribution < 1.29 is 34.1 Å². The van der Waals surface area contributed by atoms with Gasteiger partial charge >= 0.3 is 11.9 Å². The molecule has 2 heterocycles. The van der Waals surface area contributed by atoms with E-state index in [4.69, 9.17) is 9.47 Å². The number of amides is 1. The van der Waals surface area contributed by atoms with Gasteiger partial charge in [-0.05, 0) is 55.3 Å². The lowest BCUT2D eigenvalue weighted by atomic mass is 9.95. The van der Waals surface area contributed by atoms with Gasteiger partial charge in [-0.15, -0.1) is 0 Å². The molecule has 3 aromatic rings. The Hall–Kier alpha value is -4.18. The zero-order valence-corrected chi connectivity index (χ0v) is 20.7. The third kappa shape index (κ3) is 4.55. The minimum absolute atomic E-state index is 0.0823. The van der Waals surface area contributed by atoms with Crippen molar-refractivity contribution in [2.45, 2.75) is 26.3 Å². The number of aromatic nitrogens is 1. The lowest BCUT2D eigenvalue weighted by Crippen LogP contribution is -2.29. The highest BCUT2D eigenvalue weighted by molar-refractivity contribution is 7.17. The number of hydrogen-bond donors (Lipinski definition) is 2. The molecule has 1 saturated heterocycles. The summed E-state index contributed by atoms with van der Waals surface area (Å²) in [5.41, 5.74) is 0.861. The van der Waals surface area contributed by atoms with Crippen LogP contribution in [0.25, 0.3) is 5.76 Å². The van der Waals surface area contributed by atoms with Crippen LogP contribution in [0.15, 0.2) is 54.1 Å². The van der Waals surface area contributed by atoms with E-state index in [0.717, 1.165) is 22.7 Å². The second-order valence-electron chi connectivity index (χ2n) is 8.04. The molecule has 2 N–H and O–H groups in total. The Morgan fingerprint density at radius 3 is 2.53 bits per heavy atom. The molecule has 0 saturated carbocycles. The van der Waals surface area contributed by atoms with Crippen LogP contribution >= 0.6 is 11.3 Å². The number of esters is 1. The normalized spacial score (nSPS) is 16.9. The van der Waals surface area contributed by atoms with Gasteiger partial charge in [-0.25, -0.2) is 9.78 Å². The molecule has 1 amide bonds. The zero-order valence-electron chi connectivity index (χ0n) is 19.8. The van der Waals surface area contributed by atoms with E-state index in [2.05, 4.69) is 4.98 Å². The Morgan fingerprint density at radius 2 is 1.89 bits per heavy atom. The molecule has 10 heteroatoms. The largest absolute Gasteiger partial charge is 0.508 e. The number of ether oxygens (including phenoxy) is 2. The number of aliphatic hydroxyl groups is 1. The highest BCUT2D eigenvalue weighted by Gasteiger charge is 2.48. The molecule has 1 atom stereocenters. The molecule has 1 fully saturated rings. The molecular weight excluding hydrogens is 484 g/mol. The SMILES string of the molecule is CCCOc1ccc(/C(O)=C2\C(=O)C(=O)N(c3nc(C)c(C(=O)OC)s3)C2c2cccc(O)c2)cc1. The van der Waals surface area contributed by atoms with E-state index in [9.17, 15) is 24.6 Å². The molecule has 1 unspecified atom stereocenters. The first kappa shape index (κ1) is 24.9. The number of aryl methyl sites for hydroxylation is 1. The number of aliphatic hydroxyl groups excluding tert-OH is 1. The molecule has 1 aromatic heterocycles. The topological polar surface area (TPSA) is 126 Å². The Bertz CT molecular complexity index is 1360. The molecule has 0 spiro atoms. The number of benzene rings is 2. The minimum Gasteiger partial charge on any atom is -0.508 e. The van der Waals surface area contributed by atoms with Gasteiger partial charge in [0.15, 0.2) is 5.13 Å². The number of rotatable bonds is 7. The van der Waals surface area contributed by atoms with Gasteiger partial charge < -0.3 is 19.7 Å². The maximum Gasteiger partial charge on any atom is 0.350 e. The number of phenols is 1. The van der Waals surface area contributed by atoms with Crippen molar-refractivity contribution in [2.75, 3.05) is 18.6 Å². The first-order valence-electron chi connectivity index (χ1n) is 11.2. The fraction of sp³-hybridized carbons (Fsp3) is 0.231. The van der Waals surface area contributed by atoms with E-state index in [1.807, 2.05) is 6.92 Å². The molecule has 0 aliphatic carbocycles. The Morgan fingerprint density at radius 1 is 1.17 bits per heavy atom. The monoisotopic (exact) mass is 508 g/mol. The number of thiazole rings is 1. The van der Waals surface area contributed by atoms with Crippen LogP contribution in [0.5, 0.6) is 11.5 Å². The lowest BCUT2D eigenvalue weighted by molar-refractivity contribution is -0.132. The second kappa shape index (κ2) is 10.2. The smallest absolute Gasteiger partial charge is 0.350 e. The van der Waals surface area contributed by atoms with Gasteiger partial charge in [0.2, 0.25) is 0 Å². The van der Waals surface area contributed by atoms with Crippen LogP contribution in [-0.4, -0.2) is 46.6 Å². The average molecular weight is 509 g/mol. The number of anilines is 1. The molecule has 0 bridgehead atoms. The number of carbonyl (C=O) groups is 3. The molecule has 1 aliphatic rings. The van der Waals surface area contributed by atoms with Gasteiger partial charge in [-0.1, -0.05) is 30.4 Å². The molecule has 4 rings (SSSR count). The average Bonchev–Trinajstić information content (AvgIpc) is 3.38. The fourth-order valence-electron chi connectivity index (χ4n) is 3.89. The van der Waals surface area contributed by atoms with Crippen LogP contribution in [0.3, 0.4) is 0 Å². The summed E-state index contributed by atoms with van der Waals surface area (Å²) in [7, 11) is 1.23. The number of carbonyl (C=O) groups excluding carboxylic acids is 3. The lowest BCUT2D eigenvalue weighted by Gasteiger charge is -2.23. The van der Waals surface area contributed by atoms with Crippen molar-refractivity contribution in [1.29, 1.82) is 0 Å². The second-order valence-corrected chi connectivity index (χ2v) is 9.02. The summed E-state index contributed by atoms with van der Waals surface area (Å²) in [6, 6.07) is 11.5. The number of Topliss-reactive ketones (excluding diaryl/α,β-unsaturated/α-hetero) is 1. The van der Waals surface area contributed by atoms with Gasteiger partial charge in [-0.3, -0.25) is 14.5 Å². The van der Waals surface area contributed by atoms with Gasteiger partial charge in [0.05, 0.1) is 31.0 Å². The summed E-state index contributed by atoms with van der Waals surface area (Å²) in [6.07, 6.45) is 0.836. The summed E-state index contributed by atoms with van der Waals surface area (Å²) in [5, 5.41) is 21.4. The van der Waals surface area contributed by atoms with Crippen LogP contribution in [0.1, 0.15) is 45.9 Å². The summed E-state index contributed by atoms with van der Waals surface area (Å²) in [5.74, 6) is -2.31. The van der Waals surface area contributed by atoms with Gasteiger partial charge in [-0.2, -0.15) is 0 Å². The predicted octanol–water partition coefficient (Wildman–Crippen LogP) is 4.36. The highest BCUT2D eigenvalue weighted by atomic mass is 32.1. The third-order valence-corrected chi connectivity index (χ3v) is 6.73. The quantitative estimate of drug-likeness (QED) is 0.209. The molecule has 186 valence electrons. The molecule has 9 nitrogen and oxygen atoms in total. The summed E-state index contributed by atoms with van der Waals surface area (Å²) < 4.78 is 10.4. The number of hydrogen-bond acceptors (Lipinski definition) is 9. The van der Waals surface area contributed by atoms with E-state index in [0.29, 0.717) is 29.2 Å². The Balaban J connectivity index is 1.86. The predicted molar refractivity (Wildman–Crippen MR) is 133 cm³/mol. The maximum absolute atomic E-state index is 13.3. The number of methoxy groups -OCH3 is 1. The van der Waals surface area contributed by atoms with Gasteiger partial charge in [0.25, 0.3) is 5.78 Å². The van der Waals surface area contributed by atoms with Crippen molar-refractivity contribution in [1.82, 2.24) is 4.98 Å². The first-order valence-corrected chi connectivity index (χ1v) is 12.0. The zero-order chi connectivity index (χ0) is 26.0. The summed E-state index contributed by atoms with van der Waals surface area (Å²) >= 11 is 0.901. The van der Waals surface area contributed by atoms with Crippen molar-refractivity contribution in [3.8, 4) is 11.5 Å². The van der Waals surface area contributed by atoms with E-state index >= 15 is 0 Å². The molecule has 0 radical (unpaired) electrons. The van der Waals surface area contributed by atoms with Gasteiger partial charge in [0, 0.05) is 5.56 Å². The van der Waals surface area contributed by atoms with Crippen LogP contribution in [0.2, 0.25) is 0 Å². The molecule has 36 heavy (non-hydrogen) atoms. The highest BCUT2D eigenvalue weighted by Crippen LogP contribution is 2.44. The van der Waals surface area contributed by atoms with E-state index in [1.165, 1.54) is 19.2 Å². The number of aromatic hydroxyl groups is 1. The summed E-state index contributed by atoms with van der Waals surface area (Å²) in [4.78, 5) is 44.3. The third-order valence-electron chi connectivity index (χ3n) is 5.59. The van der Waals surface area contributed by atoms with E-state index in [1.54, 1.807) is 43.3 Å². The van der Waals surface area contributed by atoms with Crippen LogP contribution in [-0.2, 0) is 14.3 Å². The van der Waals surface area contributed by atoms with Crippen molar-refractivity contribution >= 4 is 39.9 Å². The molecule has 2 aromatic carbocycles. The number of phenolic OH excluding ortho intramolecular Hbond substituents is 1. The Kier molecular flexibility index (Phi) is 7.07. The maximum atomic E-state index is 13.3. The van der Waals surface area contributed by atoms with Crippen molar-refractivity contribution in [3.63, 3.8) is 0 Å². The van der Waals surface area contributed by atoms with Gasteiger partial charge in [0.1, 0.15) is 22.1 Å². The van der Waals surface area contributed by atoms with E-state index < -0.39 is 23.7 Å². The summed E-state index contributed by atoms with van der Waals surface area (Å²) in [6.45, 7) is 4.11. The van der Waals surface area contributed by atoms with Crippen LogP contribution in [0, 0.1) is 6.92 Å². The van der Waals surface area contributed by atoms with Crippen molar-refractivity contribution in [2.24, 2.45) is 0 Å². The van der Waals surface area contributed by atoms with Crippen LogP contribution in [0.4, 0.5) is 5.13 Å². The first-order chi connectivity index (χ1) is 17.3. The van der Waals surface area contributed by atoms with E-state index in [-0.39, 0.29) is 27.1 Å². The van der Waals surface area contributed by atoms with Crippen molar-refractivity contribution in [3.05, 3.63) is 75.8 Å². The standard InChI is InChI=1S/C26H24N2O7S/c1-4-12-35-18-10-8-15(9-11-18)21(30)19-20(16-6-5-7-17(29)13-16)28(24(32)22(19)31)26-27-14(2)23(36-26)25(33)34-3/h5-11,13,20,29-30H,4,12H2,1-3H3/b21-19+. The fourth-order valence-corrected chi connectivity index (χ4v) is 4.90. The number of nitrogens with zero attached hydrogens (tertiary/aromatic N) is 2. The molecule has 1 aliphatic heterocycles.